The number of aryl methyl sites for hydroxylation is 1. The van der Waals surface area contributed by atoms with E-state index in [1.54, 1.807) is 26.0 Å². The minimum absolute atomic E-state index is 0.0561. The van der Waals surface area contributed by atoms with Crippen molar-refractivity contribution < 1.29 is 9.59 Å². The number of carbonyl (C=O) groups is 2. The van der Waals surface area contributed by atoms with Gasteiger partial charge in [-0.05, 0) is 62.7 Å². The largest absolute Gasteiger partial charge is 0.355 e. The van der Waals surface area contributed by atoms with E-state index in [-0.39, 0.29) is 17.3 Å². The van der Waals surface area contributed by atoms with Crippen molar-refractivity contribution in [3.05, 3.63) is 82.1 Å². The van der Waals surface area contributed by atoms with Crippen LogP contribution in [0.25, 0.3) is 17.1 Å². The third kappa shape index (κ3) is 4.26. The van der Waals surface area contributed by atoms with E-state index < -0.39 is 0 Å². The van der Waals surface area contributed by atoms with Crippen LogP contribution in [0.5, 0.6) is 0 Å². The number of H-pyrrole nitrogens is 1. The number of hydrogen-bond acceptors (Lipinski definition) is 5. The summed E-state index contributed by atoms with van der Waals surface area (Å²) in [6.07, 6.45) is 0. The van der Waals surface area contributed by atoms with Gasteiger partial charge >= 0.3 is 0 Å². The summed E-state index contributed by atoms with van der Waals surface area (Å²) in [5.41, 5.74) is 4.20. The van der Waals surface area contributed by atoms with Crippen molar-refractivity contribution in [1.82, 2.24) is 19.7 Å². The van der Waals surface area contributed by atoms with Gasteiger partial charge in [0.2, 0.25) is 0 Å². The zero-order valence-electron chi connectivity index (χ0n) is 17.8. The average molecular weight is 465 g/mol. The fraction of sp³-hybridized carbons (Fsp3) is 0.167. The van der Waals surface area contributed by atoms with E-state index >= 15 is 0 Å². The minimum atomic E-state index is -0.0984. The predicted octanol–water partition coefficient (Wildman–Crippen LogP) is 5.71. The highest BCUT2D eigenvalue weighted by Gasteiger charge is 2.22. The monoisotopic (exact) mass is 464 g/mol. The molecule has 0 atom stereocenters. The Morgan fingerprint density at radius 3 is 2.34 bits per heavy atom. The molecule has 0 saturated heterocycles. The third-order valence-corrected chi connectivity index (χ3v) is 6.33. The first-order valence-electron chi connectivity index (χ1n) is 9.99. The molecule has 0 unspecified atom stereocenters. The van der Waals surface area contributed by atoms with Crippen LogP contribution in [0.15, 0.2) is 59.8 Å². The summed E-state index contributed by atoms with van der Waals surface area (Å²) < 4.78 is 1.93. The lowest BCUT2D eigenvalue weighted by atomic mass is 10.1. The van der Waals surface area contributed by atoms with Gasteiger partial charge in [-0.25, -0.2) is 0 Å². The number of nitrogens with one attached hydrogen (secondary N) is 1. The number of carbonyl (C=O) groups excluding carboxylic acids is 2. The number of aromatic nitrogens is 4. The lowest BCUT2D eigenvalue weighted by molar-refractivity contribution is 0.101. The van der Waals surface area contributed by atoms with Crippen molar-refractivity contribution in [2.24, 2.45) is 0 Å². The van der Waals surface area contributed by atoms with Crippen LogP contribution in [0, 0.1) is 13.8 Å². The summed E-state index contributed by atoms with van der Waals surface area (Å²) in [6.45, 7) is 5.11. The maximum atomic E-state index is 13.0. The van der Waals surface area contributed by atoms with Crippen molar-refractivity contribution in [3.8, 4) is 17.1 Å². The number of aromatic amines is 1. The standard InChI is InChI=1S/C24H21ClN4O2S/c1-14-21(16(3)30)15(2)26-22(14)20(31)13-32-24-28-27-23(17-9-11-18(25)12-10-17)29(24)19-7-5-4-6-8-19/h4-12,26H,13H2,1-3H3. The van der Waals surface area contributed by atoms with Gasteiger partial charge in [-0.3, -0.25) is 14.2 Å². The topological polar surface area (TPSA) is 80.6 Å². The molecule has 6 nitrogen and oxygen atoms in total. The third-order valence-electron chi connectivity index (χ3n) is 5.15. The fourth-order valence-corrected chi connectivity index (χ4v) is 4.67. The summed E-state index contributed by atoms with van der Waals surface area (Å²) in [4.78, 5) is 27.9. The Bertz CT molecular complexity index is 1290. The van der Waals surface area contributed by atoms with Gasteiger partial charge in [0.1, 0.15) is 0 Å². The lowest BCUT2D eigenvalue weighted by Gasteiger charge is -2.10. The number of benzene rings is 2. The summed E-state index contributed by atoms with van der Waals surface area (Å²) in [5.74, 6) is 0.663. The summed E-state index contributed by atoms with van der Waals surface area (Å²) in [7, 11) is 0. The molecular formula is C24H21ClN4O2S. The van der Waals surface area contributed by atoms with Crippen molar-refractivity contribution in [2.45, 2.75) is 25.9 Å². The second-order valence-electron chi connectivity index (χ2n) is 7.38. The van der Waals surface area contributed by atoms with E-state index in [1.165, 1.54) is 18.7 Å². The Morgan fingerprint density at radius 1 is 1.03 bits per heavy atom. The number of halogens is 1. The predicted molar refractivity (Wildman–Crippen MR) is 127 cm³/mol. The Hall–Kier alpha value is -3.16. The SMILES string of the molecule is CC(=O)c1c(C)[nH]c(C(=O)CSc2nnc(-c3ccc(Cl)cc3)n2-c2ccccc2)c1C. The highest BCUT2D eigenvalue weighted by Crippen LogP contribution is 2.29. The number of thioether (sulfide) groups is 1. The lowest BCUT2D eigenvalue weighted by Crippen LogP contribution is -2.07. The zero-order chi connectivity index (χ0) is 22.8. The quantitative estimate of drug-likeness (QED) is 0.280. The number of rotatable bonds is 7. The van der Waals surface area contributed by atoms with Gasteiger partial charge in [-0.1, -0.05) is 41.6 Å². The first-order chi connectivity index (χ1) is 15.4. The number of para-hydroxylation sites is 1. The molecule has 0 aliphatic heterocycles. The molecule has 162 valence electrons. The molecule has 32 heavy (non-hydrogen) atoms. The van der Waals surface area contributed by atoms with Crippen molar-refractivity contribution in [1.29, 1.82) is 0 Å². The number of ketones is 2. The molecule has 0 fully saturated rings. The highest BCUT2D eigenvalue weighted by molar-refractivity contribution is 7.99. The Balaban J connectivity index is 1.66. The summed E-state index contributed by atoms with van der Waals surface area (Å²) in [6, 6.07) is 17.1. The molecule has 0 spiro atoms. The van der Waals surface area contributed by atoms with Crippen LogP contribution in [0.3, 0.4) is 0 Å². The Kier molecular flexibility index (Phi) is 6.30. The maximum absolute atomic E-state index is 13.0. The molecule has 4 rings (SSSR count). The average Bonchev–Trinajstić information content (AvgIpc) is 3.33. The molecule has 2 heterocycles. The maximum Gasteiger partial charge on any atom is 0.196 e. The van der Waals surface area contributed by atoms with E-state index in [2.05, 4.69) is 15.2 Å². The molecular weight excluding hydrogens is 444 g/mol. The summed E-state index contributed by atoms with van der Waals surface area (Å²) >= 11 is 7.35. The Labute approximate surface area is 195 Å². The molecule has 0 radical (unpaired) electrons. The number of nitrogens with zero attached hydrogens (tertiary/aromatic N) is 3. The van der Waals surface area contributed by atoms with Crippen LogP contribution in [0.1, 0.15) is 39.0 Å². The second kappa shape index (κ2) is 9.14. The smallest absolute Gasteiger partial charge is 0.196 e. The van der Waals surface area contributed by atoms with Crippen molar-refractivity contribution in [2.75, 3.05) is 5.75 Å². The van der Waals surface area contributed by atoms with E-state index in [9.17, 15) is 9.59 Å². The van der Waals surface area contributed by atoms with Crippen LogP contribution < -0.4 is 0 Å². The normalized spacial score (nSPS) is 11.0. The molecule has 0 bridgehead atoms. The van der Waals surface area contributed by atoms with Crippen LogP contribution >= 0.6 is 23.4 Å². The van der Waals surface area contributed by atoms with Gasteiger partial charge in [0, 0.05) is 27.5 Å². The number of Topliss-reactive ketones (excluding diaryl/α,β-unsaturated/α-hetero) is 2. The first-order valence-corrected chi connectivity index (χ1v) is 11.4. The molecule has 0 aliphatic rings. The van der Waals surface area contributed by atoms with Crippen LogP contribution in [0.4, 0.5) is 0 Å². The molecule has 0 aliphatic carbocycles. The molecule has 4 aromatic rings. The first kappa shape index (κ1) is 22.0. The number of hydrogen-bond donors (Lipinski definition) is 1. The van der Waals surface area contributed by atoms with Crippen LogP contribution in [0.2, 0.25) is 5.02 Å². The highest BCUT2D eigenvalue weighted by atomic mass is 35.5. The van der Waals surface area contributed by atoms with Gasteiger partial charge in [0.15, 0.2) is 22.5 Å². The van der Waals surface area contributed by atoms with Gasteiger partial charge in [0.25, 0.3) is 0 Å². The summed E-state index contributed by atoms with van der Waals surface area (Å²) in [5, 5.41) is 9.98. The second-order valence-corrected chi connectivity index (χ2v) is 8.76. The van der Waals surface area contributed by atoms with Crippen molar-refractivity contribution >= 4 is 34.9 Å². The fourth-order valence-electron chi connectivity index (χ4n) is 3.72. The molecule has 0 amide bonds. The molecule has 2 aromatic carbocycles. The molecule has 2 aromatic heterocycles. The van der Waals surface area contributed by atoms with Gasteiger partial charge in [0.05, 0.1) is 11.4 Å². The Morgan fingerprint density at radius 2 is 1.72 bits per heavy atom. The van der Waals surface area contributed by atoms with Crippen LogP contribution in [-0.4, -0.2) is 37.1 Å². The van der Waals surface area contributed by atoms with Gasteiger partial charge in [-0.2, -0.15) is 0 Å². The van der Waals surface area contributed by atoms with E-state index in [4.69, 9.17) is 11.6 Å². The molecule has 0 saturated carbocycles. The van der Waals surface area contributed by atoms with Crippen molar-refractivity contribution in [3.63, 3.8) is 0 Å². The van der Waals surface area contributed by atoms with E-state index in [0.29, 0.717) is 38.5 Å². The van der Waals surface area contributed by atoms with Gasteiger partial charge < -0.3 is 4.98 Å². The zero-order valence-corrected chi connectivity index (χ0v) is 19.4. The van der Waals surface area contributed by atoms with Gasteiger partial charge in [-0.15, -0.1) is 10.2 Å². The van der Waals surface area contributed by atoms with Crippen LogP contribution in [-0.2, 0) is 0 Å². The molecule has 1 N–H and O–H groups in total. The minimum Gasteiger partial charge on any atom is -0.355 e. The molecule has 8 heteroatoms. The van der Waals surface area contributed by atoms with E-state index in [1.807, 2.05) is 47.0 Å². The van der Waals surface area contributed by atoms with E-state index in [0.717, 1.165) is 11.3 Å².